The van der Waals surface area contributed by atoms with Crippen LogP contribution in [0.1, 0.15) is 5.56 Å². The van der Waals surface area contributed by atoms with E-state index in [0.29, 0.717) is 11.5 Å². The molecule has 0 aliphatic carbocycles. The zero-order valence-corrected chi connectivity index (χ0v) is 23.4. The van der Waals surface area contributed by atoms with Gasteiger partial charge < -0.3 is 28.6 Å². The van der Waals surface area contributed by atoms with Crippen LogP contribution in [-0.2, 0) is 4.57 Å². The predicted octanol–water partition coefficient (Wildman–Crippen LogP) is -2.55. The maximum atomic E-state index is 11.2. The molecule has 4 rings (SSSR count). The van der Waals surface area contributed by atoms with E-state index in [1.54, 1.807) is 18.2 Å². The van der Waals surface area contributed by atoms with Crippen molar-refractivity contribution in [3.05, 3.63) is 41.3 Å². The van der Waals surface area contributed by atoms with Gasteiger partial charge in [-0.15, -0.1) is 0 Å². The van der Waals surface area contributed by atoms with E-state index in [4.69, 9.17) is 14.2 Å². The van der Waals surface area contributed by atoms with Gasteiger partial charge in [0.1, 0.15) is 5.75 Å². The minimum absolute atomic E-state index is 0. The van der Waals surface area contributed by atoms with Crippen LogP contribution in [0.15, 0.2) is 40.6 Å². The first-order valence-corrected chi connectivity index (χ1v) is 11.9. The second kappa shape index (κ2) is 10.7. The molecule has 0 radical (unpaired) electrons. The maximum Gasteiger partial charge on any atom is 1.00 e. The van der Waals surface area contributed by atoms with Crippen LogP contribution >= 0.6 is 29.7 Å². The summed E-state index contributed by atoms with van der Waals surface area (Å²) in [6, 6.07) is 8.90. The van der Waals surface area contributed by atoms with E-state index >= 15 is 0 Å². The number of nitrogens with zero attached hydrogens (tertiary/aromatic N) is 1. The summed E-state index contributed by atoms with van der Waals surface area (Å²) in [7, 11) is 1.42. The van der Waals surface area contributed by atoms with E-state index in [1.165, 1.54) is 18.6 Å². The Hall–Kier alpha value is -0.0300. The van der Waals surface area contributed by atoms with E-state index in [-0.39, 0.29) is 82.2 Å². The third kappa shape index (κ3) is 5.66. The maximum absolute atomic E-state index is 11.2. The monoisotopic (exact) mass is 481 g/mol. The number of aryl methyl sites for hydroxylation is 1. The van der Waals surface area contributed by atoms with Crippen molar-refractivity contribution in [1.82, 2.24) is 4.37 Å². The number of fused-ring (bicyclic) bond motifs is 1. The van der Waals surface area contributed by atoms with E-state index in [2.05, 4.69) is 4.37 Å². The van der Waals surface area contributed by atoms with Crippen molar-refractivity contribution in [1.29, 1.82) is 0 Å². The summed E-state index contributed by atoms with van der Waals surface area (Å²) in [4.78, 5) is 22.7. The number of aromatic nitrogens is 1. The summed E-state index contributed by atoms with van der Waals surface area (Å²) in [5, 5.41) is 1.87. The van der Waals surface area contributed by atoms with Gasteiger partial charge in [-0.3, -0.25) is 0 Å². The van der Waals surface area contributed by atoms with Crippen LogP contribution in [0.25, 0.3) is 22.4 Å². The fraction of sp³-hybridized carbons (Fsp3) is 0.167. The van der Waals surface area contributed by atoms with Crippen molar-refractivity contribution in [2.24, 2.45) is 0 Å². The van der Waals surface area contributed by atoms with E-state index in [0.717, 1.165) is 33.7 Å². The number of rotatable bonds is 5. The Morgan fingerprint density at radius 2 is 1.93 bits per heavy atom. The number of methoxy groups -OCH3 is 1. The Kier molecular flexibility index (Phi) is 9.37. The van der Waals surface area contributed by atoms with Gasteiger partial charge in [0.2, 0.25) is 6.79 Å². The Morgan fingerprint density at radius 3 is 2.63 bits per heavy atom. The minimum atomic E-state index is -4.82. The molecule has 0 unspecified atom stereocenters. The van der Waals surface area contributed by atoms with Crippen molar-refractivity contribution in [3.63, 3.8) is 0 Å². The molecule has 0 N–H and O–H groups in total. The predicted molar refractivity (Wildman–Crippen MR) is 104 cm³/mol. The molecule has 146 valence electrons. The summed E-state index contributed by atoms with van der Waals surface area (Å²) in [5.74, 6) is 1.72. The summed E-state index contributed by atoms with van der Waals surface area (Å²) in [6.45, 7) is -2.69. The van der Waals surface area contributed by atoms with Crippen molar-refractivity contribution in [3.8, 4) is 39.6 Å². The zero-order chi connectivity index (χ0) is 19.9. The first-order valence-electron chi connectivity index (χ1n) is 8.11. The molecule has 12 heteroatoms. The molecule has 2 heterocycles. The molecule has 3 aromatic rings. The summed E-state index contributed by atoms with van der Waals surface area (Å²) in [6.07, 6.45) is 0. The van der Waals surface area contributed by atoms with Crippen molar-refractivity contribution >= 4 is 29.7 Å². The van der Waals surface area contributed by atoms with Crippen molar-refractivity contribution in [2.75, 3.05) is 13.9 Å². The molecule has 0 atom stereocenters. The van der Waals surface area contributed by atoms with Gasteiger partial charge in [0.15, 0.2) is 11.5 Å². The van der Waals surface area contributed by atoms with Crippen molar-refractivity contribution < 1.29 is 87.7 Å². The molecular weight excluding hydrogens is 467 g/mol. The van der Waals surface area contributed by atoms with Gasteiger partial charge in [-0.2, -0.15) is 4.37 Å². The number of hydrogen-bond acceptors (Lipinski definition) is 9. The second-order valence-electron chi connectivity index (χ2n) is 6.01. The average Bonchev–Trinajstić information content (AvgIpc) is 3.29. The second-order valence-corrected chi connectivity index (χ2v) is 10.0. The zero-order valence-electron chi connectivity index (χ0n) is 16.8. The molecule has 2 aromatic carbocycles. The van der Waals surface area contributed by atoms with Gasteiger partial charge in [-0.05, 0) is 60.6 Å². The van der Waals surface area contributed by atoms with E-state index < -0.39 is 6.80 Å². The van der Waals surface area contributed by atoms with Gasteiger partial charge in [0, 0.05) is 16.5 Å². The molecule has 0 saturated heterocycles. The average molecular weight is 481 g/mol. The molecular formula is C18H14NNa2O6PS2. The minimum Gasteiger partial charge on any atom is -0.803 e. The number of ether oxygens (including phenoxy) is 3. The third-order valence-electron chi connectivity index (χ3n) is 4.19. The molecule has 30 heavy (non-hydrogen) atoms. The van der Waals surface area contributed by atoms with Gasteiger partial charge in [-0.25, -0.2) is 0 Å². The normalized spacial score (nSPS) is 12.1. The summed E-state index contributed by atoms with van der Waals surface area (Å²) >= 11 is 1.54. The molecule has 1 aliphatic heterocycles. The first-order chi connectivity index (χ1) is 13.4. The van der Waals surface area contributed by atoms with Gasteiger partial charge >= 0.3 is 59.1 Å². The largest absolute Gasteiger partial charge is 1.00 e. The third-order valence-corrected chi connectivity index (χ3v) is 6.82. The van der Waals surface area contributed by atoms with Gasteiger partial charge in [-0.1, -0.05) is 17.4 Å². The molecule has 7 nitrogen and oxygen atoms in total. The summed E-state index contributed by atoms with van der Waals surface area (Å²) < 4.78 is 31.9. The fourth-order valence-electron chi connectivity index (χ4n) is 3.01. The van der Waals surface area contributed by atoms with Crippen LogP contribution in [0.5, 0.6) is 17.2 Å². The standard InChI is InChI=1S/C18H16NO6PS2.2Na/c1-10-5-12(6-15-18(10)25-9-24-15)17-13(8-27-19-17)11-3-4-14(23-2)16(7-11)28-26(20,21)22;;/h3-8H,9H2,1-2H3,(H2,20,21,22);;/q;2*+1/p-2. The summed E-state index contributed by atoms with van der Waals surface area (Å²) in [5.41, 5.74) is 4.09. The Bertz CT molecular complexity index is 1100. The fourth-order valence-corrected chi connectivity index (χ4v) is 5.54. The Morgan fingerprint density at radius 1 is 1.17 bits per heavy atom. The topological polar surface area (TPSA) is 104 Å². The van der Waals surface area contributed by atoms with Crippen molar-refractivity contribution in [2.45, 2.75) is 11.8 Å². The Labute approximate surface area is 226 Å². The van der Waals surface area contributed by atoms with Gasteiger partial charge in [0.25, 0.3) is 0 Å². The van der Waals surface area contributed by atoms with E-state index in [9.17, 15) is 14.4 Å². The molecule has 0 saturated carbocycles. The smallest absolute Gasteiger partial charge is 0.803 e. The van der Waals surface area contributed by atoms with Crippen LogP contribution in [-0.4, -0.2) is 18.3 Å². The van der Waals surface area contributed by atoms with E-state index in [1.807, 2.05) is 24.4 Å². The first kappa shape index (κ1) is 26.2. The molecule has 0 fully saturated rings. The van der Waals surface area contributed by atoms with Crippen LogP contribution in [0.2, 0.25) is 0 Å². The quantitative estimate of drug-likeness (QED) is 0.290. The molecule has 1 aromatic heterocycles. The van der Waals surface area contributed by atoms with Crippen LogP contribution in [0.3, 0.4) is 0 Å². The van der Waals surface area contributed by atoms with Crippen LogP contribution in [0.4, 0.5) is 0 Å². The molecule has 0 bridgehead atoms. The number of hydrogen-bond donors (Lipinski definition) is 0. The Balaban J connectivity index is 0.00000160. The number of benzene rings is 2. The SMILES string of the molecule is COc1ccc(-c2csnc2-c2cc(C)c3c(c2)OCO3)cc1SP(=O)([O-])[O-].[Na+].[Na+]. The molecule has 1 aliphatic rings. The molecule has 0 amide bonds. The van der Waals surface area contributed by atoms with Crippen LogP contribution in [0, 0.1) is 6.92 Å². The molecule has 0 spiro atoms. The van der Waals surface area contributed by atoms with Gasteiger partial charge in [0.05, 0.1) is 17.7 Å². The van der Waals surface area contributed by atoms with Crippen LogP contribution < -0.4 is 83.1 Å².